The highest BCUT2D eigenvalue weighted by Gasteiger charge is 2.45. The third-order valence-corrected chi connectivity index (χ3v) is 7.52. The molecule has 0 fully saturated rings. The van der Waals surface area contributed by atoms with Gasteiger partial charge in [-0.3, -0.25) is 9.69 Å². The van der Waals surface area contributed by atoms with Crippen LogP contribution in [-0.4, -0.2) is 43.5 Å². The van der Waals surface area contributed by atoms with Gasteiger partial charge in [0.1, 0.15) is 12.7 Å². The Hall–Kier alpha value is -4.35. The summed E-state index contributed by atoms with van der Waals surface area (Å²) >= 11 is 0. The van der Waals surface area contributed by atoms with Crippen LogP contribution in [-0.2, 0) is 25.6 Å². The lowest BCUT2D eigenvalue weighted by Gasteiger charge is -2.38. The summed E-state index contributed by atoms with van der Waals surface area (Å²) in [6, 6.07) is 18.0. The number of Topliss-reactive ketones (excluding diaryl/α,β-unsaturated/α-hetero) is 1. The van der Waals surface area contributed by atoms with E-state index in [0.29, 0.717) is 12.1 Å². The minimum absolute atomic E-state index is 0.0423. The van der Waals surface area contributed by atoms with Crippen LogP contribution in [0.1, 0.15) is 35.6 Å². The Labute approximate surface area is 244 Å². The van der Waals surface area contributed by atoms with E-state index in [0.717, 1.165) is 5.56 Å². The number of hydrogen-bond acceptors (Lipinski definition) is 6. The number of esters is 1. The maximum absolute atomic E-state index is 15.3. The molecule has 2 unspecified atom stereocenters. The summed E-state index contributed by atoms with van der Waals surface area (Å²) in [6.45, 7) is 1.30. The molecule has 43 heavy (non-hydrogen) atoms. The van der Waals surface area contributed by atoms with Gasteiger partial charge < -0.3 is 14.8 Å². The van der Waals surface area contributed by atoms with E-state index < -0.39 is 64.0 Å². The van der Waals surface area contributed by atoms with E-state index in [2.05, 4.69) is 5.32 Å². The highest BCUT2D eigenvalue weighted by molar-refractivity contribution is 6.04. The van der Waals surface area contributed by atoms with Crippen LogP contribution in [0.25, 0.3) is 0 Å². The molecule has 1 N–H and O–H groups in total. The Morgan fingerprint density at radius 3 is 2.09 bits per heavy atom. The van der Waals surface area contributed by atoms with Gasteiger partial charge in [-0.05, 0) is 18.1 Å². The lowest BCUT2D eigenvalue weighted by molar-refractivity contribution is -0.143. The second-order valence-electron chi connectivity index (χ2n) is 10.3. The Morgan fingerprint density at radius 2 is 1.49 bits per heavy atom. The van der Waals surface area contributed by atoms with Crippen LogP contribution in [0.15, 0.2) is 83.2 Å². The molecular weight excluding hydrogens is 571 g/mol. The van der Waals surface area contributed by atoms with Crippen molar-refractivity contribution in [2.24, 2.45) is 0 Å². The quantitative estimate of drug-likeness (QED) is 0.157. The smallest absolute Gasteiger partial charge is 0.336 e. The molecule has 2 heterocycles. The maximum Gasteiger partial charge on any atom is 0.336 e. The summed E-state index contributed by atoms with van der Waals surface area (Å²) in [5, 5.41) is 2.97. The summed E-state index contributed by atoms with van der Waals surface area (Å²) in [5.74, 6) is -14.6. The molecule has 0 aliphatic carbocycles. The first-order valence-electron chi connectivity index (χ1n) is 13.4. The van der Waals surface area contributed by atoms with Crippen molar-refractivity contribution in [3.05, 3.63) is 129 Å². The summed E-state index contributed by atoms with van der Waals surface area (Å²) in [5.41, 5.74) is -0.212. The van der Waals surface area contributed by atoms with E-state index >= 15 is 8.78 Å². The van der Waals surface area contributed by atoms with E-state index in [1.54, 1.807) is 35.2 Å². The first kappa shape index (κ1) is 30.1. The van der Waals surface area contributed by atoms with Crippen LogP contribution in [0.5, 0.6) is 0 Å². The number of methoxy groups -OCH3 is 1. The van der Waals surface area contributed by atoms with Crippen LogP contribution in [0.4, 0.5) is 22.0 Å². The first-order valence-corrected chi connectivity index (χ1v) is 13.4. The van der Waals surface area contributed by atoms with Crippen LogP contribution in [0, 0.1) is 29.1 Å². The molecule has 11 heteroatoms. The topological polar surface area (TPSA) is 67.9 Å². The molecule has 3 aromatic carbocycles. The van der Waals surface area contributed by atoms with E-state index in [4.69, 9.17) is 9.47 Å². The third kappa shape index (κ3) is 5.82. The number of allylic oxidation sites excluding steroid dienone is 1. The van der Waals surface area contributed by atoms with Gasteiger partial charge in [-0.15, -0.1) is 0 Å². The van der Waals surface area contributed by atoms with E-state index in [9.17, 15) is 22.8 Å². The highest BCUT2D eigenvalue weighted by Crippen LogP contribution is 2.44. The van der Waals surface area contributed by atoms with Crippen molar-refractivity contribution in [1.29, 1.82) is 0 Å². The molecule has 0 saturated carbocycles. The molecule has 2 atom stereocenters. The highest BCUT2D eigenvalue weighted by atomic mass is 19.2. The van der Waals surface area contributed by atoms with E-state index in [1.165, 1.54) is 14.0 Å². The van der Waals surface area contributed by atoms with Gasteiger partial charge in [0.25, 0.3) is 0 Å². The van der Waals surface area contributed by atoms with E-state index in [-0.39, 0.29) is 36.7 Å². The summed E-state index contributed by atoms with van der Waals surface area (Å²) in [4.78, 5) is 28.9. The fourth-order valence-electron chi connectivity index (χ4n) is 5.50. The van der Waals surface area contributed by atoms with Crippen molar-refractivity contribution >= 4 is 11.8 Å². The Balaban J connectivity index is 1.55. The largest absolute Gasteiger partial charge is 0.459 e. The zero-order valence-electron chi connectivity index (χ0n) is 23.2. The molecule has 0 spiro atoms. The number of carbonyl (C=O) groups excluding carboxylic acids is 2. The molecule has 3 aromatic rings. The molecule has 2 aliphatic heterocycles. The number of ketones is 1. The lowest BCUT2D eigenvalue weighted by atomic mass is 9.76. The molecule has 0 amide bonds. The van der Waals surface area contributed by atoms with Crippen molar-refractivity contribution in [3.8, 4) is 0 Å². The van der Waals surface area contributed by atoms with Gasteiger partial charge in [-0.2, -0.15) is 0 Å². The Bertz CT molecular complexity index is 1600. The zero-order chi connectivity index (χ0) is 30.8. The van der Waals surface area contributed by atoms with Crippen molar-refractivity contribution in [3.63, 3.8) is 0 Å². The van der Waals surface area contributed by atoms with E-state index in [1.807, 2.05) is 30.3 Å². The fraction of sp³-hybridized carbons (Fsp3) is 0.250. The number of benzene rings is 3. The molecule has 5 rings (SSSR count). The van der Waals surface area contributed by atoms with Crippen LogP contribution < -0.4 is 5.32 Å². The SMILES string of the molecule is COC(COC(=O)C1=C(C)NC2=C(C(=O)CN(Cc3ccccc3)C2)C1c1c(F)c(F)c(F)c(F)c1F)c1ccccc1. The number of dihydropyridines is 1. The molecule has 6 nitrogen and oxygen atoms in total. The fourth-order valence-corrected chi connectivity index (χ4v) is 5.50. The monoisotopic (exact) mass is 598 g/mol. The van der Waals surface area contributed by atoms with Gasteiger partial charge >= 0.3 is 5.97 Å². The number of rotatable bonds is 8. The Morgan fingerprint density at radius 1 is 0.907 bits per heavy atom. The average molecular weight is 599 g/mol. The minimum Gasteiger partial charge on any atom is -0.459 e. The van der Waals surface area contributed by atoms with Crippen molar-refractivity contribution in [2.45, 2.75) is 25.5 Å². The summed E-state index contributed by atoms with van der Waals surface area (Å²) < 4.78 is 84.5. The van der Waals surface area contributed by atoms with Crippen molar-refractivity contribution in [1.82, 2.24) is 10.2 Å². The van der Waals surface area contributed by atoms with Gasteiger partial charge in [0, 0.05) is 42.7 Å². The number of carbonyl (C=O) groups is 2. The van der Waals surface area contributed by atoms with Crippen LogP contribution in [0.3, 0.4) is 0 Å². The number of nitrogens with one attached hydrogen (secondary N) is 1. The standard InChI is InChI=1S/C32H27F5N2O4/c1-17-23(32(41)43-16-22(42-2)19-11-7-4-8-12-19)25(26-27(33)29(35)31(37)30(36)28(26)34)24-20(38-17)14-39(15-21(24)40)13-18-9-5-3-6-10-18/h3-12,22,25,38H,13-16H2,1-2H3. The number of hydrogen-bond donors (Lipinski definition) is 1. The molecule has 224 valence electrons. The van der Waals surface area contributed by atoms with Crippen LogP contribution in [0.2, 0.25) is 0 Å². The maximum atomic E-state index is 15.3. The number of ether oxygens (including phenoxy) is 2. The third-order valence-electron chi connectivity index (χ3n) is 7.52. The van der Waals surface area contributed by atoms with Gasteiger partial charge in [-0.25, -0.2) is 26.7 Å². The predicted octanol–water partition coefficient (Wildman–Crippen LogP) is 5.61. The predicted molar refractivity (Wildman–Crippen MR) is 146 cm³/mol. The van der Waals surface area contributed by atoms with Gasteiger partial charge in [0.05, 0.1) is 18.0 Å². The number of halogens is 5. The normalized spacial score (nSPS) is 17.9. The lowest BCUT2D eigenvalue weighted by Crippen LogP contribution is -2.45. The van der Waals surface area contributed by atoms with Gasteiger partial charge in [0.2, 0.25) is 5.82 Å². The molecular formula is C32H27F5N2O4. The minimum atomic E-state index is -2.35. The average Bonchev–Trinajstić information content (AvgIpc) is 3.00. The molecule has 2 aliphatic rings. The molecule has 0 saturated heterocycles. The van der Waals surface area contributed by atoms with Crippen molar-refractivity contribution in [2.75, 3.05) is 26.8 Å². The molecule has 0 radical (unpaired) electrons. The zero-order valence-corrected chi connectivity index (χ0v) is 23.2. The summed E-state index contributed by atoms with van der Waals surface area (Å²) in [6.07, 6.45) is -0.715. The van der Waals surface area contributed by atoms with Crippen molar-refractivity contribution < 1.29 is 41.0 Å². The first-order chi connectivity index (χ1) is 20.6. The van der Waals surface area contributed by atoms with Gasteiger partial charge in [0.15, 0.2) is 29.1 Å². The number of nitrogens with zero attached hydrogens (tertiary/aromatic N) is 1. The Kier molecular flexibility index (Phi) is 8.74. The second-order valence-corrected chi connectivity index (χ2v) is 10.3. The van der Waals surface area contributed by atoms with Gasteiger partial charge in [-0.1, -0.05) is 60.7 Å². The second kappa shape index (κ2) is 12.5. The molecule has 0 aromatic heterocycles. The molecule has 0 bridgehead atoms. The van der Waals surface area contributed by atoms with Crippen LogP contribution >= 0.6 is 0 Å². The summed E-state index contributed by atoms with van der Waals surface area (Å²) in [7, 11) is 1.40.